The molecular weight excluding hydrogens is 325 g/mol. The highest BCUT2D eigenvalue weighted by Gasteiger charge is 2.32. The van der Waals surface area contributed by atoms with Crippen molar-refractivity contribution in [3.63, 3.8) is 0 Å². The molecule has 1 heterocycles. The molecule has 0 bridgehead atoms. The van der Waals surface area contributed by atoms with Crippen LogP contribution in [0.3, 0.4) is 0 Å². The van der Waals surface area contributed by atoms with Crippen LogP contribution < -0.4 is 5.32 Å². The highest BCUT2D eigenvalue weighted by atomic mass is 32.2. The molecule has 1 aliphatic heterocycles. The molecule has 0 radical (unpaired) electrons. The molecule has 3 nitrogen and oxygen atoms in total. The van der Waals surface area contributed by atoms with Gasteiger partial charge in [-0.25, -0.2) is 18.0 Å². The number of nitrogens with one attached hydrogen (secondary N) is 1. The Bertz CT molecular complexity index is 741. The van der Waals surface area contributed by atoms with Gasteiger partial charge in [-0.2, -0.15) is 0 Å². The Morgan fingerprint density at radius 2 is 1.87 bits per heavy atom. The van der Waals surface area contributed by atoms with E-state index in [-0.39, 0.29) is 11.5 Å². The first-order valence-electron chi connectivity index (χ1n) is 6.95. The number of benzene rings is 2. The number of carbonyl (C=O) groups excluding carboxylic acids is 1. The van der Waals surface area contributed by atoms with Crippen molar-refractivity contribution in [2.75, 3.05) is 17.6 Å². The second kappa shape index (κ2) is 6.54. The lowest BCUT2D eigenvalue weighted by atomic mass is 10.2. The van der Waals surface area contributed by atoms with Crippen LogP contribution in [-0.2, 0) is 0 Å². The topological polar surface area (TPSA) is 32.3 Å². The van der Waals surface area contributed by atoms with Crippen LogP contribution in [0.15, 0.2) is 42.5 Å². The first kappa shape index (κ1) is 15.7. The molecule has 0 aromatic heterocycles. The van der Waals surface area contributed by atoms with Crippen LogP contribution in [0.25, 0.3) is 0 Å². The fourth-order valence-electron chi connectivity index (χ4n) is 2.38. The van der Waals surface area contributed by atoms with E-state index in [0.717, 1.165) is 12.1 Å². The summed E-state index contributed by atoms with van der Waals surface area (Å²) in [5.74, 6) is -1.73. The van der Waals surface area contributed by atoms with E-state index in [4.69, 9.17) is 0 Å². The molecule has 2 aromatic carbocycles. The number of hydrogen-bond donors (Lipinski definition) is 1. The van der Waals surface area contributed by atoms with Crippen molar-refractivity contribution < 1.29 is 18.0 Å². The van der Waals surface area contributed by atoms with Crippen molar-refractivity contribution in [3.8, 4) is 0 Å². The van der Waals surface area contributed by atoms with Gasteiger partial charge >= 0.3 is 6.03 Å². The molecule has 0 saturated carbocycles. The van der Waals surface area contributed by atoms with Crippen LogP contribution in [0.1, 0.15) is 10.9 Å². The first-order chi connectivity index (χ1) is 11.1. The lowest BCUT2D eigenvalue weighted by Crippen LogP contribution is -2.34. The molecule has 0 unspecified atom stereocenters. The van der Waals surface area contributed by atoms with Gasteiger partial charge in [0.1, 0.15) is 11.2 Å². The summed E-state index contributed by atoms with van der Waals surface area (Å²) in [5.41, 5.74) is 0.577. The Labute approximate surface area is 135 Å². The summed E-state index contributed by atoms with van der Waals surface area (Å²) < 4.78 is 40.1. The molecule has 1 fully saturated rings. The van der Waals surface area contributed by atoms with Crippen LogP contribution >= 0.6 is 11.8 Å². The SMILES string of the molecule is O=C(Nc1ccc(F)c(F)c1)N1CCS[C@@H]1c1ccccc1F. The second-order valence-electron chi connectivity index (χ2n) is 5.00. The molecule has 1 aliphatic rings. The van der Waals surface area contributed by atoms with Gasteiger partial charge in [0, 0.05) is 29.6 Å². The standard InChI is InChI=1S/C16H13F3N2OS/c17-12-4-2-1-3-11(12)15-21(7-8-23-15)16(22)20-10-5-6-13(18)14(19)9-10/h1-6,9,15H,7-8H2,(H,20,22)/t15-/m1/s1. The van der Waals surface area contributed by atoms with E-state index < -0.39 is 23.0 Å². The zero-order chi connectivity index (χ0) is 16.4. The van der Waals surface area contributed by atoms with Gasteiger partial charge in [0.25, 0.3) is 0 Å². The van der Waals surface area contributed by atoms with Crippen molar-refractivity contribution in [3.05, 3.63) is 65.5 Å². The van der Waals surface area contributed by atoms with Gasteiger partial charge in [-0.15, -0.1) is 11.8 Å². The van der Waals surface area contributed by atoms with Gasteiger partial charge in [0.05, 0.1) is 0 Å². The molecule has 3 rings (SSSR count). The third-order valence-corrected chi connectivity index (χ3v) is 4.74. The quantitative estimate of drug-likeness (QED) is 0.881. The van der Waals surface area contributed by atoms with E-state index in [1.165, 1.54) is 28.8 Å². The summed E-state index contributed by atoms with van der Waals surface area (Å²) in [7, 11) is 0. The minimum absolute atomic E-state index is 0.151. The van der Waals surface area contributed by atoms with Crippen LogP contribution in [-0.4, -0.2) is 23.2 Å². The maximum atomic E-state index is 13.9. The number of amides is 2. The van der Waals surface area contributed by atoms with E-state index in [9.17, 15) is 18.0 Å². The molecule has 120 valence electrons. The Kier molecular flexibility index (Phi) is 4.47. The van der Waals surface area contributed by atoms with Gasteiger partial charge in [-0.05, 0) is 18.2 Å². The average Bonchev–Trinajstić information content (AvgIpc) is 3.01. The molecule has 1 N–H and O–H groups in total. The van der Waals surface area contributed by atoms with E-state index in [0.29, 0.717) is 17.9 Å². The minimum atomic E-state index is -1.04. The van der Waals surface area contributed by atoms with Gasteiger partial charge in [-0.1, -0.05) is 18.2 Å². The number of thioether (sulfide) groups is 1. The van der Waals surface area contributed by atoms with E-state index in [1.54, 1.807) is 18.2 Å². The molecule has 2 amide bonds. The predicted molar refractivity (Wildman–Crippen MR) is 83.7 cm³/mol. The molecule has 0 spiro atoms. The van der Waals surface area contributed by atoms with E-state index in [1.807, 2.05) is 0 Å². The zero-order valence-electron chi connectivity index (χ0n) is 11.9. The second-order valence-corrected chi connectivity index (χ2v) is 6.19. The number of rotatable bonds is 2. The highest BCUT2D eigenvalue weighted by Crippen LogP contribution is 2.39. The first-order valence-corrected chi connectivity index (χ1v) is 8.00. The number of carbonyl (C=O) groups is 1. The summed E-state index contributed by atoms with van der Waals surface area (Å²) >= 11 is 1.45. The van der Waals surface area contributed by atoms with Crippen LogP contribution in [0.5, 0.6) is 0 Å². The molecule has 0 aliphatic carbocycles. The number of urea groups is 1. The predicted octanol–water partition coefficient (Wildman–Crippen LogP) is 4.38. The Morgan fingerprint density at radius 3 is 2.61 bits per heavy atom. The van der Waals surface area contributed by atoms with E-state index >= 15 is 0 Å². The normalized spacial score (nSPS) is 17.3. The molecular formula is C16H13F3N2OS. The van der Waals surface area contributed by atoms with Gasteiger partial charge < -0.3 is 10.2 Å². The number of nitrogens with zero attached hydrogens (tertiary/aromatic N) is 1. The summed E-state index contributed by atoms with van der Waals surface area (Å²) in [5, 5.41) is 2.07. The molecule has 1 atom stereocenters. The van der Waals surface area contributed by atoms with Gasteiger partial charge in [0.2, 0.25) is 0 Å². The molecule has 2 aromatic rings. The van der Waals surface area contributed by atoms with Crippen LogP contribution in [0.2, 0.25) is 0 Å². The lowest BCUT2D eigenvalue weighted by Gasteiger charge is -2.24. The largest absolute Gasteiger partial charge is 0.323 e. The minimum Gasteiger partial charge on any atom is -0.308 e. The Hall–Kier alpha value is -2.15. The molecule has 1 saturated heterocycles. The van der Waals surface area contributed by atoms with Crippen LogP contribution in [0.4, 0.5) is 23.7 Å². The number of hydrogen-bond acceptors (Lipinski definition) is 2. The van der Waals surface area contributed by atoms with Crippen molar-refractivity contribution in [1.29, 1.82) is 0 Å². The number of anilines is 1. The van der Waals surface area contributed by atoms with Crippen molar-refractivity contribution in [1.82, 2.24) is 4.90 Å². The van der Waals surface area contributed by atoms with Crippen molar-refractivity contribution in [2.45, 2.75) is 5.37 Å². The molecule has 23 heavy (non-hydrogen) atoms. The van der Waals surface area contributed by atoms with Crippen LogP contribution in [0, 0.1) is 17.5 Å². The summed E-state index contributed by atoms with van der Waals surface area (Å²) in [6, 6.07) is 8.93. The smallest absolute Gasteiger partial charge is 0.308 e. The third kappa shape index (κ3) is 3.29. The Balaban J connectivity index is 1.78. The highest BCUT2D eigenvalue weighted by molar-refractivity contribution is 7.99. The summed E-state index contributed by atoms with van der Waals surface area (Å²) in [6.07, 6.45) is 0. The van der Waals surface area contributed by atoms with Gasteiger partial charge in [0.15, 0.2) is 11.6 Å². The number of halogens is 3. The summed E-state index contributed by atoms with van der Waals surface area (Å²) in [6.45, 7) is 0.444. The fourth-order valence-corrected chi connectivity index (χ4v) is 3.66. The molecule has 7 heteroatoms. The maximum Gasteiger partial charge on any atom is 0.323 e. The maximum absolute atomic E-state index is 13.9. The van der Waals surface area contributed by atoms with Crippen molar-refractivity contribution >= 4 is 23.5 Å². The van der Waals surface area contributed by atoms with Crippen molar-refractivity contribution in [2.24, 2.45) is 0 Å². The van der Waals surface area contributed by atoms with Gasteiger partial charge in [-0.3, -0.25) is 0 Å². The Morgan fingerprint density at radius 1 is 1.09 bits per heavy atom. The fraction of sp³-hybridized carbons (Fsp3) is 0.188. The van der Waals surface area contributed by atoms with E-state index in [2.05, 4.69) is 5.32 Å². The third-order valence-electron chi connectivity index (χ3n) is 3.49. The lowest BCUT2D eigenvalue weighted by molar-refractivity contribution is 0.213. The monoisotopic (exact) mass is 338 g/mol. The summed E-state index contributed by atoms with van der Waals surface area (Å²) in [4.78, 5) is 13.8. The zero-order valence-corrected chi connectivity index (χ0v) is 12.7. The average molecular weight is 338 g/mol.